The van der Waals surface area contributed by atoms with Gasteiger partial charge in [0.1, 0.15) is 23.2 Å². The first-order valence-corrected chi connectivity index (χ1v) is 6.32. The van der Waals surface area contributed by atoms with Crippen LogP contribution in [0.3, 0.4) is 0 Å². The summed E-state index contributed by atoms with van der Waals surface area (Å²) in [5.74, 6) is -0.727. The molecule has 2 unspecified atom stereocenters. The summed E-state index contributed by atoms with van der Waals surface area (Å²) >= 11 is 0. The topological polar surface area (TPSA) is 58.6 Å². The smallest absolute Gasteiger partial charge is 0.324 e. The number of nitrogens with one attached hydrogen (secondary N) is 1. The van der Waals surface area contributed by atoms with Crippen LogP contribution in [0.1, 0.15) is 24.8 Å². The first-order chi connectivity index (χ1) is 8.97. The lowest BCUT2D eigenvalue weighted by molar-refractivity contribution is -0.144. The zero-order valence-electron chi connectivity index (χ0n) is 11.1. The van der Waals surface area contributed by atoms with Crippen molar-refractivity contribution in [2.45, 2.75) is 37.8 Å². The second kappa shape index (κ2) is 5.17. The molecule has 0 radical (unpaired) electrons. The number of aryl methyl sites for hydroxylation is 1. The van der Waals surface area contributed by atoms with E-state index in [1.807, 2.05) is 0 Å². The molecule has 0 bridgehead atoms. The molecular formula is C14H18FNO3. The number of ether oxygens (including phenoxy) is 1. The van der Waals surface area contributed by atoms with Gasteiger partial charge in [0.2, 0.25) is 0 Å². The van der Waals surface area contributed by atoms with E-state index in [4.69, 9.17) is 4.74 Å². The van der Waals surface area contributed by atoms with E-state index < -0.39 is 11.5 Å². The van der Waals surface area contributed by atoms with Gasteiger partial charge >= 0.3 is 5.97 Å². The van der Waals surface area contributed by atoms with Gasteiger partial charge in [0.05, 0.1) is 0 Å². The molecule has 5 heteroatoms. The van der Waals surface area contributed by atoms with Crippen molar-refractivity contribution in [1.29, 1.82) is 0 Å². The van der Waals surface area contributed by atoms with E-state index in [-0.39, 0.29) is 11.9 Å². The molecule has 0 spiro atoms. The van der Waals surface area contributed by atoms with Gasteiger partial charge in [-0.05, 0) is 38.4 Å². The van der Waals surface area contributed by atoms with Crippen molar-refractivity contribution in [2.24, 2.45) is 0 Å². The lowest BCUT2D eigenvalue weighted by Crippen LogP contribution is -2.48. The summed E-state index contributed by atoms with van der Waals surface area (Å²) in [6.07, 6.45) is 1.33. The summed E-state index contributed by atoms with van der Waals surface area (Å²) in [4.78, 5) is 11.3. The van der Waals surface area contributed by atoms with Gasteiger partial charge in [-0.25, -0.2) is 4.39 Å². The maximum atomic E-state index is 13.4. The summed E-state index contributed by atoms with van der Waals surface area (Å²) in [6.45, 7) is 1.69. The zero-order chi connectivity index (χ0) is 14.0. The molecule has 0 amide bonds. The lowest BCUT2D eigenvalue weighted by atomic mass is 9.98. The molecule has 2 atom stereocenters. The van der Waals surface area contributed by atoms with Crippen LogP contribution in [0, 0.1) is 12.7 Å². The predicted molar refractivity (Wildman–Crippen MR) is 68.8 cm³/mol. The van der Waals surface area contributed by atoms with E-state index in [0.29, 0.717) is 30.6 Å². The predicted octanol–water partition coefficient (Wildman–Crippen LogP) is 2.11. The Bertz CT molecular complexity index is 492. The van der Waals surface area contributed by atoms with Crippen molar-refractivity contribution >= 4 is 5.97 Å². The Balaban J connectivity index is 2.05. The van der Waals surface area contributed by atoms with Crippen LogP contribution in [-0.2, 0) is 4.79 Å². The van der Waals surface area contributed by atoms with Crippen LogP contribution >= 0.6 is 0 Å². The van der Waals surface area contributed by atoms with Crippen molar-refractivity contribution in [3.63, 3.8) is 0 Å². The van der Waals surface area contributed by atoms with Gasteiger partial charge in [-0.15, -0.1) is 0 Å². The Labute approximate surface area is 111 Å². The van der Waals surface area contributed by atoms with Crippen LogP contribution < -0.4 is 10.1 Å². The number of carboxylic acids is 1. The zero-order valence-corrected chi connectivity index (χ0v) is 11.1. The summed E-state index contributed by atoms with van der Waals surface area (Å²) in [5.41, 5.74) is -0.359. The first-order valence-electron chi connectivity index (χ1n) is 6.32. The Morgan fingerprint density at radius 3 is 2.84 bits per heavy atom. The molecule has 2 N–H and O–H groups in total. The quantitative estimate of drug-likeness (QED) is 0.877. The maximum Gasteiger partial charge on any atom is 0.324 e. The third-order valence-electron chi connectivity index (χ3n) is 3.80. The fourth-order valence-corrected chi connectivity index (χ4v) is 2.47. The molecule has 4 nitrogen and oxygen atoms in total. The summed E-state index contributed by atoms with van der Waals surface area (Å²) in [6, 6.07) is 4.70. The third kappa shape index (κ3) is 2.71. The van der Waals surface area contributed by atoms with Gasteiger partial charge in [-0.1, -0.05) is 6.07 Å². The van der Waals surface area contributed by atoms with Crippen LogP contribution in [0.15, 0.2) is 18.2 Å². The first kappa shape index (κ1) is 13.8. The molecule has 1 aromatic carbocycles. The molecule has 19 heavy (non-hydrogen) atoms. The number of likely N-dealkylation sites (N-methyl/N-ethyl adjacent to an activating group) is 1. The molecule has 1 saturated carbocycles. The molecule has 104 valence electrons. The SMILES string of the molecule is CNC1(C(=O)O)CCC(Oc2ccc(C)c(F)c2)C1. The number of hydrogen-bond donors (Lipinski definition) is 2. The number of carboxylic acid groups (broad SMARTS) is 1. The number of benzene rings is 1. The highest BCUT2D eigenvalue weighted by atomic mass is 19.1. The molecule has 0 aliphatic heterocycles. The Morgan fingerprint density at radius 1 is 1.58 bits per heavy atom. The van der Waals surface area contributed by atoms with E-state index in [1.165, 1.54) is 6.07 Å². The number of halogens is 1. The molecule has 1 aromatic rings. The van der Waals surface area contributed by atoms with E-state index in [9.17, 15) is 14.3 Å². The normalized spacial score (nSPS) is 26.4. The maximum absolute atomic E-state index is 13.4. The van der Waals surface area contributed by atoms with Crippen molar-refractivity contribution in [3.05, 3.63) is 29.6 Å². The molecule has 0 saturated heterocycles. The average Bonchev–Trinajstić information content (AvgIpc) is 2.79. The minimum absolute atomic E-state index is 0.203. The molecule has 1 fully saturated rings. The second-order valence-electron chi connectivity index (χ2n) is 5.03. The standard InChI is InChI=1S/C14H18FNO3/c1-9-3-4-10(7-12(9)15)19-11-5-6-14(8-11,16-2)13(17)18/h3-4,7,11,16H,5-6,8H2,1-2H3,(H,17,18). The van der Waals surface area contributed by atoms with Crippen LogP contribution in [0.25, 0.3) is 0 Å². The Hall–Kier alpha value is -1.62. The van der Waals surface area contributed by atoms with Crippen LogP contribution in [0.4, 0.5) is 4.39 Å². The van der Waals surface area contributed by atoms with E-state index in [0.717, 1.165) is 0 Å². The fraction of sp³-hybridized carbons (Fsp3) is 0.500. The monoisotopic (exact) mass is 267 g/mol. The van der Waals surface area contributed by atoms with Gasteiger partial charge in [-0.3, -0.25) is 4.79 Å². The highest BCUT2D eigenvalue weighted by Crippen LogP contribution is 2.33. The average molecular weight is 267 g/mol. The molecule has 0 aromatic heterocycles. The van der Waals surface area contributed by atoms with Gasteiger partial charge in [0.25, 0.3) is 0 Å². The molecule has 1 aliphatic rings. The van der Waals surface area contributed by atoms with E-state index in [2.05, 4.69) is 5.32 Å². The lowest BCUT2D eigenvalue weighted by Gasteiger charge is -2.23. The van der Waals surface area contributed by atoms with Gasteiger partial charge in [-0.2, -0.15) is 0 Å². The second-order valence-corrected chi connectivity index (χ2v) is 5.03. The third-order valence-corrected chi connectivity index (χ3v) is 3.80. The fourth-order valence-electron chi connectivity index (χ4n) is 2.47. The summed E-state index contributed by atoms with van der Waals surface area (Å²) < 4.78 is 19.1. The molecule has 1 aliphatic carbocycles. The van der Waals surface area contributed by atoms with Crippen LogP contribution in [0.2, 0.25) is 0 Å². The van der Waals surface area contributed by atoms with E-state index in [1.54, 1.807) is 26.1 Å². The minimum Gasteiger partial charge on any atom is -0.490 e. The number of rotatable bonds is 4. The van der Waals surface area contributed by atoms with Gasteiger partial charge < -0.3 is 15.2 Å². The van der Waals surface area contributed by atoms with Crippen molar-refractivity contribution in [1.82, 2.24) is 5.32 Å². The van der Waals surface area contributed by atoms with E-state index >= 15 is 0 Å². The largest absolute Gasteiger partial charge is 0.490 e. The van der Waals surface area contributed by atoms with Crippen LogP contribution in [-0.4, -0.2) is 29.8 Å². The summed E-state index contributed by atoms with van der Waals surface area (Å²) in [7, 11) is 1.64. The Morgan fingerprint density at radius 2 is 2.32 bits per heavy atom. The highest BCUT2D eigenvalue weighted by molar-refractivity contribution is 5.79. The minimum atomic E-state index is -0.923. The van der Waals surface area contributed by atoms with Crippen LogP contribution in [0.5, 0.6) is 5.75 Å². The van der Waals surface area contributed by atoms with Crippen molar-refractivity contribution in [2.75, 3.05) is 7.05 Å². The molecule has 0 heterocycles. The van der Waals surface area contributed by atoms with Gasteiger partial charge in [0.15, 0.2) is 0 Å². The number of carbonyl (C=O) groups is 1. The molecule has 2 rings (SSSR count). The van der Waals surface area contributed by atoms with Gasteiger partial charge in [0, 0.05) is 12.5 Å². The number of hydrogen-bond acceptors (Lipinski definition) is 3. The number of aliphatic carboxylic acids is 1. The Kier molecular flexibility index (Phi) is 3.75. The summed E-state index contributed by atoms with van der Waals surface area (Å²) in [5, 5.41) is 12.1. The highest BCUT2D eigenvalue weighted by Gasteiger charge is 2.45. The van der Waals surface area contributed by atoms with Crippen molar-refractivity contribution < 1.29 is 19.0 Å². The molecular weight excluding hydrogens is 249 g/mol. The van der Waals surface area contributed by atoms with Crippen molar-refractivity contribution in [3.8, 4) is 5.75 Å².